The normalized spacial score (nSPS) is 13.4. The minimum Gasteiger partial charge on any atom is -0.478 e. The summed E-state index contributed by atoms with van der Waals surface area (Å²) in [6.07, 6.45) is 0.453. The van der Waals surface area contributed by atoms with Crippen LogP contribution in [0.3, 0.4) is 0 Å². The number of halogens is 1. The van der Waals surface area contributed by atoms with Crippen LogP contribution in [0, 0.1) is 17.1 Å². The summed E-state index contributed by atoms with van der Waals surface area (Å²) in [6, 6.07) is 9.32. The summed E-state index contributed by atoms with van der Waals surface area (Å²) >= 11 is 0. The molecule has 0 saturated heterocycles. The average molecular weight is 346 g/mol. The van der Waals surface area contributed by atoms with Gasteiger partial charge in [0.1, 0.15) is 10.7 Å². The SMILES string of the molecule is N#Cc1ccc2c(c1)N(S(=O)(=O)c1ccc(C(=O)O)cc1F)CC2. The molecule has 1 aliphatic heterocycles. The molecule has 2 aromatic carbocycles. The van der Waals surface area contributed by atoms with Crippen molar-refractivity contribution in [3.05, 3.63) is 58.9 Å². The number of sulfonamides is 1. The standard InChI is InChI=1S/C16H11FN2O4S/c17-13-8-12(16(20)21)3-4-15(13)24(22,23)19-6-5-11-2-1-10(9-18)7-14(11)19/h1-4,7-8H,5-6H2,(H,20,21). The van der Waals surface area contributed by atoms with Crippen LogP contribution < -0.4 is 4.31 Å². The van der Waals surface area contributed by atoms with Crippen LogP contribution in [0.5, 0.6) is 0 Å². The maximum Gasteiger partial charge on any atom is 0.335 e. The third-order valence-electron chi connectivity index (χ3n) is 3.81. The Balaban J connectivity index is 2.08. The highest BCUT2D eigenvalue weighted by Crippen LogP contribution is 2.34. The van der Waals surface area contributed by atoms with Crippen molar-refractivity contribution >= 4 is 21.7 Å². The van der Waals surface area contributed by atoms with E-state index in [4.69, 9.17) is 10.4 Å². The number of carbonyl (C=O) groups is 1. The van der Waals surface area contributed by atoms with Gasteiger partial charge in [-0.25, -0.2) is 17.6 Å². The molecule has 24 heavy (non-hydrogen) atoms. The van der Waals surface area contributed by atoms with Gasteiger partial charge >= 0.3 is 5.97 Å². The van der Waals surface area contributed by atoms with Crippen LogP contribution in [-0.2, 0) is 16.4 Å². The first-order valence-corrected chi connectivity index (χ1v) is 8.37. The van der Waals surface area contributed by atoms with Gasteiger partial charge in [-0.3, -0.25) is 4.31 Å². The number of fused-ring (bicyclic) bond motifs is 1. The lowest BCUT2D eigenvalue weighted by Gasteiger charge is -2.20. The first-order chi connectivity index (χ1) is 11.3. The number of nitriles is 1. The Bertz CT molecular complexity index is 996. The molecule has 0 atom stereocenters. The molecule has 2 aromatic rings. The van der Waals surface area contributed by atoms with Gasteiger partial charge < -0.3 is 5.11 Å². The number of aromatic carboxylic acids is 1. The van der Waals surface area contributed by atoms with Crippen LogP contribution in [0.4, 0.5) is 10.1 Å². The molecule has 0 amide bonds. The van der Waals surface area contributed by atoms with Crippen LogP contribution in [-0.4, -0.2) is 26.0 Å². The third-order valence-corrected chi connectivity index (χ3v) is 5.66. The smallest absolute Gasteiger partial charge is 0.335 e. The molecule has 1 N–H and O–H groups in total. The molecule has 8 heteroatoms. The zero-order valence-corrected chi connectivity index (χ0v) is 13.0. The van der Waals surface area contributed by atoms with E-state index < -0.39 is 26.7 Å². The molecule has 0 saturated carbocycles. The largest absolute Gasteiger partial charge is 0.478 e. The molecule has 0 fully saturated rings. The van der Waals surface area contributed by atoms with Crippen molar-refractivity contribution in [3.63, 3.8) is 0 Å². The minimum atomic E-state index is -4.19. The van der Waals surface area contributed by atoms with E-state index >= 15 is 0 Å². The number of carboxylic acids is 1. The van der Waals surface area contributed by atoms with Crippen molar-refractivity contribution in [1.82, 2.24) is 0 Å². The first kappa shape index (κ1) is 16.0. The monoisotopic (exact) mass is 346 g/mol. The lowest BCUT2D eigenvalue weighted by atomic mass is 10.1. The number of carboxylic acid groups (broad SMARTS) is 1. The summed E-state index contributed by atoms with van der Waals surface area (Å²) in [6.45, 7) is 0.132. The highest BCUT2D eigenvalue weighted by molar-refractivity contribution is 7.92. The zero-order valence-electron chi connectivity index (χ0n) is 12.2. The Morgan fingerprint density at radius 2 is 2.00 bits per heavy atom. The van der Waals surface area contributed by atoms with Crippen molar-refractivity contribution in [2.24, 2.45) is 0 Å². The molecule has 122 valence electrons. The molecule has 0 unspecified atom stereocenters. The molecule has 0 radical (unpaired) electrons. The van der Waals surface area contributed by atoms with E-state index in [1.807, 2.05) is 6.07 Å². The predicted octanol–water partition coefficient (Wildman–Crippen LogP) is 2.15. The number of anilines is 1. The van der Waals surface area contributed by atoms with E-state index in [0.717, 1.165) is 22.0 Å². The first-order valence-electron chi connectivity index (χ1n) is 6.93. The second-order valence-electron chi connectivity index (χ2n) is 5.23. The van der Waals surface area contributed by atoms with Crippen molar-refractivity contribution in [3.8, 4) is 6.07 Å². The van der Waals surface area contributed by atoms with Gasteiger partial charge in [-0.15, -0.1) is 0 Å². The van der Waals surface area contributed by atoms with E-state index in [0.29, 0.717) is 23.7 Å². The van der Waals surface area contributed by atoms with Gasteiger partial charge in [-0.2, -0.15) is 5.26 Å². The van der Waals surface area contributed by atoms with E-state index in [1.165, 1.54) is 6.07 Å². The van der Waals surface area contributed by atoms with Crippen LogP contribution in [0.2, 0.25) is 0 Å². The van der Waals surface area contributed by atoms with E-state index in [-0.39, 0.29) is 12.1 Å². The predicted molar refractivity (Wildman–Crippen MR) is 82.8 cm³/mol. The molecular formula is C16H11FN2O4S. The maximum atomic E-state index is 14.2. The molecule has 6 nitrogen and oxygen atoms in total. The van der Waals surface area contributed by atoms with Gasteiger partial charge in [0.15, 0.2) is 0 Å². The van der Waals surface area contributed by atoms with E-state index in [2.05, 4.69) is 0 Å². The van der Waals surface area contributed by atoms with Crippen LogP contribution in [0.25, 0.3) is 0 Å². The Morgan fingerprint density at radius 1 is 1.25 bits per heavy atom. The van der Waals surface area contributed by atoms with Crippen molar-refractivity contribution in [2.75, 3.05) is 10.8 Å². The highest BCUT2D eigenvalue weighted by atomic mass is 32.2. The van der Waals surface area contributed by atoms with Crippen LogP contribution >= 0.6 is 0 Å². The molecule has 1 aliphatic rings. The maximum absolute atomic E-state index is 14.2. The second kappa shape index (κ2) is 5.62. The Kier molecular flexibility index (Phi) is 3.73. The fraction of sp³-hybridized carbons (Fsp3) is 0.125. The Hall–Kier alpha value is -2.92. The van der Waals surface area contributed by atoms with Gasteiger partial charge in [-0.05, 0) is 42.3 Å². The fourth-order valence-corrected chi connectivity index (χ4v) is 4.17. The molecule has 0 spiro atoms. The summed E-state index contributed by atoms with van der Waals surface area (Å²) < 4.78 is 40.7. The topological polar surface area (TPSA) is 98.5 Å². The third kappa shape index (κ3) is 2.49. The van der Waals surface area contributed by atoms with E-state index in [1.54, 1.807) is 12.1 Å². The number of hydrogen-bond donors (Lipinski definition) is 1. The minimum absolute atomic E-state index is 0.132. The zero-order chi connectivity index (χ0) is 17.5. The second-order valence-corrected chi connectivity index (χ2v) is 7.06. The molecule has 0 aromatic heterocycles. The van der Waals surface area contributed by atoms with E-state index in [9.17, 15) is 17.6 Å². The molecule has 3 rings (SSSR count). The molecule has 0 aliphatic carbocycles. The summed E-state index contributed by atoms with van der Waals surface area (Å²) in [5.74, 6) is -2.47. The summed E-state index contributed by atoms with van der Waals surface area (Å²) in [5, 5.41) is 17.8. The average Bonchev–Trinajstić information content (AvgIpc) is 2.98. The highest BCUT2D eigenvalue weighted by Gasteiger charge is 2.33. The van der Waals surface area contributed by atoms with Gasteiger partial charge in [0.25, 0.3) is 10.0 Å². The Morgan fingerprint density at radius 3 is 2.62 bits per heavy atom. The molecule has 0 bridgehead atoms. The summed E-state index contributed by atoms with van der Waals surface area (Å²) in [7, 11) is -4.19. The van der Waals surface area contributed by atoms with Gasteiger partial charge in [-0.1, -0.05) is 6.07 Å². The van der Waals surface area contributed by atoms with Crippen molar-refractivity contribution < 1.29 is 22.7 Å². The van der Waals surface area contributed by atoms with Gasteiger partial charge in [0.2, 0.25) is 0 Å². The molecule has 1 heterocycles. The lowest BCUT2D eigenvalue weighted by Crippen LogP contribution is -2.30. The molecular weight excluding hydrogens is 335 g/mol. The van der Waals surface area contributed by atoms with Gasteiger partial charge in [0, 0.05) is 6.54 Å². The lowest BCUT2D eigenvalue weighted by molar-refractivity contribution is 0.0696. The number of rotatable bonds is 3. The summed E-state index contributed by atoms with van der Waals surface area (Å²) in [5.41, 5.74) is 1.06. The quantitative estimate of drug-likeness (QED) is 0.918. The van der Waals surface area contributed by atoms with Crippen molar-refractivity contribution in [2.45, 2.75) is 11.3 Å². The number of nitrogens with zero attached hydrogens (tertiary/aromatic N) is 2. The van der Waals surface area contributed by atoms with Crippen LogP contribution in [0.1, 0.15) is 21.5 Å². The van der Waals surface area contributed by atoms with Gasteiger partial charge in [0.05, 0.1) is 22.9 Å². The van der Waals surface area contributed by atoms with Crippen LogP contribution in [0.15, 0.2) is 41.3 Å². The summed E-state index contributed by atoms with van der Waals surface area (Å²) in [4.78, 5) is 10.3. The van der Waals surface area contributed by atoms with Crippen molar-refractivity contribution in [1.29, 1.82) is 5.26 Å². The number of hydrogen-bond acceptors (Lipinski definition) is 4. The fourth-order valence-electron chi connectivity index (χ4n) is 2.63. The number of benzene rings is 2. The Labute approximate surface area is 137 Å².